The highest BCUT2D eigenvalue weighted by molar-refractivity contribution is 7.07. The van der Waals surface area contributed by atoms with Gasteiger partial charge in [0.1, 0.15) is 12.4 Å². The number of benzene rings is 1. The van der Waals surface area contributed by atoms with Gasteiger partial charge in [-0.05, 0) is 34.5 Å². The normalized spacial score (nSPS) is 10.0. The second kappa shape index (κ2) is 5.59. The zero-order chi connectivity index (χ0) is 12.1. The van der Waals surface area contributed by atoms with Crippen LogP contribution in [0, 0.1) is 0 Å². The van der Waals surface area contributed by atoms with Gasteiger partial charge in [0.2, 0.25) is 0 Å². The summed E-state index contributed by atoms with van der Waals surface area (Å²) in [5, 5.41) is 4.11. The van der Waals surface area contributed by atoms with E-state index < -0.39 is 0 Å². The first-order valence-corrected chi connectivity index (χ1v) is 6.13. The molecule has 1 aromatic carbocycles. The van der Waals surface area contributed by atoms with Crippen LogP contribution in [0.4, 0.5) is 0 Å². The van der Waals surface area contributed by atoms with Crippen LogP contribution in [0.2, 0.25) is 0 Å². The molecule has 17 heavy (non-hydrogen) atoms. The molecule has 1 heterocycles. The molecular formula is C13H14O3S. The van der Waals surface area contributed by atoms with E-state index in [1.807, 2.05) is 29.6 Å². The van der Waals surface area contributed by atoms with Crippen LogP contribution in [0.1, 0.15) is 5.56 Å². The Kier molecular flexibility index (Phi) is 3.88. The molecule has 3 nitrogen and oxygen atoms in total. The minimum absolute atomic E-state index is 0.568. The molecule has 90 valence electrons. The first-order valence-electron chi connectivity index (χ1n) is 5.19. The second-order valence-electron chi connectivity index (χ2n) is 3.44. The molecule has 0 aliphatic carbocycles. The van der Waals surface area contributed by atoms with Crippen molar-refractivity contribution in [2.45, 2.75) is 6.61 Å². The molecule has 0 saturated heterocycles. The topological polar surface area (TPSA) is 27.7 Å². The van der Waals surface area contributed by atoms with Gasteiger partial charge < -0.3 is 14.2 Å². The molecule has 0 atom stereocenters. The highest BCUT2D eigenvalue weighted by Crippen LogP contribution is 2.31. The van der Waals surface area contributed by atoms with Gasteiger partial charge in [-0.15, -0.1) is 0 Å². The molecule has 0 spiro atoms. The van der Waals surface area contributed by atoms with Gasteiger partial charge in [0.25, 0.3) is 0 Å². The summed E-state index contributed by atoms with van der Waals surface area (Å²) in [4.78, 5) is 0. The highest BCUT2D eigenvalue weighted by Gasteiger charge is 2.05. The Morgan fingerprint density at radius 1 is 1.06 bits per heavy atom. The fraction of sp³-hybridized carbons (Fsp3) is 0.231. The van der Waals surface area contributed by atoms with Crippen molar-refractivity contribution in [3.63, 3.8) is 0 Å². The minimum atomic E-state index is 0.568. The first kappa shape index (κ1) is 11.8. The molecule has 2 aromatic rings. The van der Waals surface area contributed by atoms with E-state index in [1.165, 1.54) is 5.56 Å². The van der Waals surface area contributed by atoms with Crippen molar-refractivity contribution >= 4 is 11.3 Å². The summed E-state index contributed by atoms with van der Waals surface area (Å²) in [5.74, 6) is 2.15. The van der Waals surface area contributed by atoms with Crippen LogP contribution in [-0.2, 0) is 6.61 Å². The molecule has 0 N–H and O–H groups in total. The Balaban J connectivity index is 2.06. The standard InChI is InChI=1S/C13H14O3S/c1-14-12-4-3-11(7-13(12)15-2)16-8-10-5-6-17-9-10/h3-7,9H,8H2,1-2H3. The van der Waals surface area contributed by atoms with Crippen LogP contribution in [0.15, 0.2) is 35.0 Å². The van der Waals surface area contributed by atoms with Gasteiger partial charge in [-0.3, -0.25) is 0 Å². The first-order chi connectivity index (χ1) is 8.33. The van der Waals surface area contributed by atoms with Crippen molar-refractivity contribution in [3.05, 3.63) is 40.6 Å². The van der Waals surface area contributed by atoms with Crippen molar-refractivity contribution in [2.75, 3.05) is 14.2 Å². The SMILES string of the molecule is COc1ccc(OCc2ccsc2)cc1OC. The Labute approximate surface area is 105 Å². The lowest BCUT2D eigenvalue weighted by Gasteiger charge is -2.10. The lowest BCUT2D eigenvalue weighted by atomic mass is 10.3. The van der Waals surface area contributed by atoms with Crippen molar-refractivity contribution < 1.29 is 14.2 Å². The van der Waals surface area contributed by atoms with E-state index in [0.29, 0.717) is 18.1 Å². The van der Waals surface area contributed by atoms with E-state index in [2.05, 4.69) is 5.38 Å². The van der Waals surface area contributed by atoms with Crippen LogP contribution >= 0.6 is 11.3 Å². The molecule has 0 aliphatic rings. The Bertz CT molecular complexity index is 466. The van der Waals surface area contributed by atoms with Gasteiger partial charge in [0, 0.05) is 6.07 Å². The third kappa shape index (κ3) is 2.91. The van der Waals surface area contributed by atoms with Crippen LogP contribution < -0.4 is 14.2 Å². The molecule has 0 fully saturated rings. The van der Waals surface area contributed by atoms with Gasteiger partial charge in [-0.1, -0.05) is 0 Å². The fourth-order valence-corrected chi connectivity index (χ4v) is 2.10. The maximum Gasteiger partial charge on any atom is 0.164 e. The summed E-state index contributed by atoms with van der Waals surface area (Å²) in [6.45, 7) is 0.568. The Hall–Kier alpha value is -1.68. The van der Waals surface area contributed by atoms with E-state index >= 15 is 0 Å². The van der Waals surface area contributed by atoms with Crippen molar-refractivity contribution in [3.8, 4) is 17.2 Å². The molecular weight excluding hydrogens is 236 g/mol. The largest absolute Gasteiger partial charge is 0.493 e. The van der Waals surface area contributed by atoms with Gasteiger partial charge >= 0.3 is 0 Å². The summed E-state index contributed by atoms with van der Waals surface area (Å²) in [6, 6.07) is 7.58. The highest BCUT2D eigenvalue weighted by atomic mass is 32.1. The van der Waals surface area contributed by atoms with E-state index in [-0.39, 0.29) is 0 Å². The number of thiophene rings is 1. The number of hydrogen-bond donors (Lipinski definition) is 0. The Morgan fingerprint density at radius 3 is 2.53 bits per heavy atom. The third-order valence-corrected chi connectivity index (χ3v) is 3.07. The number of ether oxygens (including phenoxy) is 3. The summed E-state index contributed by atoms with van der Waals surface area (Å²) in [7, 11) is 3.23. The third-order valence-electron chi connectivity index (χ3n) is 2.34. The van der Waals surface area contributed by atoms with E-state index in [4.69, 9.17) is 14.2 Å². The molecule has 2 rings (SSSR count). The molecule has 0 saturated carbocycles. The van der Waals surface area contributed by atoms with E-state index in [9.17, 15) is 0 Å². The monoisotopic (exact) mass is 250 g/mol. The maximum atomic E-state index is 5.66. The van der Waals surface area contributed by atoms with E-state index in [0.717, 1.165) is 5.75 Å². The van der Waals surface area contributed by atoms with Crippen LogP contribution in [-0.4, -0.2) is 14.2 Å². The quantitative estimate of drug-likeness (QED) is 0.814. The summed E-state index contributed by atoms with van der Waals surface area (Å²) in [5.41, 5.74) is 1.17. The predicted molar refractivity (Wildman–Crippen MR) is 68.2 cm³/mol. The molecule has 0 unspecified atom stereocenters. The summed E-state index contributed by atoms with van der Waals surface area (Å²) in [6.07, 6.45) is 0. The molecule has 0 aliphatic heterocycles. The zero-order valence-electron chi connectivity index (χ0n) is 9.80. The van der Waals surface area contributed by atoms with Gasteiger partial charge in [0.05, 0.1) is 14.2 Å². The molecule has 0 radical (unpaired) electrons. The van der Waals surface area contributed by atoms with Gasteiger partial charge in [0.15, 0.2) is 11.5 Å². The molecule has 0 bridgehead atoms. The van der Waals surface area contributed by atoms with Crippen LogP contribution in [0.3, 0.4) is 0 Å². The van der Waals surface area contributed by atoms with Crippen LogP contribution in [0.5, 0.6) is 17.2 Å². The van der Waals surface area contributed by atoms with Gasteiger partial charge in [-0.25, -0.2) is 0 Å². The lowest BCUT2D eigenvalue weighted by Crippen LogP contribution is -1.95. The van der Waals surface area contributed by atoms with Crippen molar-refractivity contribution in [1.82, 2.24) is 0 Å². The number of methoxy groups -OCH3 is 2. The average molecular weight is 250 g/mol. The average Bonchev–Trinajstić information content (AvgIpc) is 2.89. The smallest absolute Gasteiger partial charge is 0.164 e. The molecule has 1 aromatic heterocycles. The predicted octanol–water partition coefficient (Wildman–Crippen LogP) is 3.34. The fourth-order valence-electron chi connectivity index (χ4n) is 1.45. The van der Waals surface area contributed by atoms with E-state index in [1.54, 1.807) is 25.6 Å². The van der Waals surface area contributed by atoms with Crippen LogP contribution in [0.25, 0.3) is 0 Å². The van der Waals surface area contributed by atoms with Gasteiger partial charge in [-0.2, -0.15) is 11.3 Å². The maximum absolute atomic E-state index is 5.66. The number of hydrogen-bond acceptors (Lipinski definition) is 4. The second-order valence-corrected chi connectivity index (χ2v) is 4.22. The number of rotatable bonds is 5. The minimum Gasteiger partial charge on any atom is -0.493 e. The molecule has 4 heteroatoms. The Morgan fingerprint density at radius 2 is 1.88 bits per heavy atom. The summed E-state index contributed by atoms with van der Waals surface area (Å²) >= 11 is 1.66. The lowest BCUT2D eigenvalue weighted by molar-refractivity contribution is 0.301. The molecule has 0 amide bonds. The zero-order valence-corrected chi connectivity index (χ0v) is 10.6. The summed E-state index contributed by atoms with van der Waals surface area (Å²) < 4.78 is 16.0. The van der Waals surface area contributed by atoms with Crippen molar-refractivity contribution in [2.24, 2.45) is 0 Å². The van der Waals surface area contributed by atoms with Crippen molar-refractivity contribution in [1.29, 1.82) is 0 Å².